The van der Waals surface area contributed by atoms with Crippen LogP contribution in [-0.2, 0) is 0 Å². The van der Waals surface area contributed by atoms with Crippen LogP contribution in [0.25, 0.3) is 0 Å². The van der Waals surface area contributed by atoms with Gasteiger partial charge < -0.3 is 10.1 Å². The Bertz CT molecular complexity index is 461. The molecule has 1 saturated carbocycles. The fourth-order valence-corrected chi connectivity index (χ4v) is 1.24. The number of nitriles is 1. The van der Waals surface area contributed by atoms with E-state index in [9.17, 15) is 4.79 Å². The highest BCUT2D eigenvalue weighted by molar-refractivity contribution is 5.92. The third kappa shape index (κ3) is 2.11. The van der Waals surface area contributed by atoms with E-state index in [0.717, 1.165) is 12.8 Å². The summed E-state index contributed by atoms with van der Waals surface area (Å²) in [6, 6.07) is 3.50. The number of nitrogens with one attached hydrogen (secondary N) is 1. The van der Waals surface area contributed by atoms with E-state index in [1.165, 1.54) is 19.3 Å². The molecule has 0 spiro atoms. The van der Waals surface area contributed by atoms with Gasteiger partial charge in [0.05, 0.1) is 6.10 Å². The molecule has 0 bridgehead atoms. The molecule has 1 amide bonds. The first kappa shape index (κ1) is 10.4. The minimum atomic E-state index is -0.287. The highest BCUT2D eigenvalue weighted by atomic mass is 16.5. The number of hydrogen-bond donors (Lipinski definition) is 1. The number of ether oxygens (including phenoxy) is 1. The molecule has 1 aromatic heterocycles. The number of amides is 1. The van der Waals surface area contributed by atoms with Gasteiger partial charge in [-0.2, -0.15) is 5.26 Å². The maximum atomic E-state index is 11.4. The molecular weight excluding hydrogens is 206 g/mol. The van der Waals surface area contributed by atoms with Gasteiger partial charge in [-0.05, 0) is 12.8 Å². The molecule has 5 heteroatoms. The van der Waals surface area contributed by atoms with Crippen LogP contribution in [0.1, 0.15) is 28.9 Å². The predicted octanol–water partition coefficient (Wildman–Crippen LogP) is 0.854. The second-order valence-electron chi connectivity index (χ2n) is 3.57. The first-order chi connectivity index (χ1) is 7.74. The van der Waals surface area contributed by atoms with Gasteiger partial charge in [0.1, 0.15) is 23.1 Å². The predicted molar refractivity (Wildman–Crippen MR) is 56.0 cm³/mol. The van der Waals surface area contributed by atoms with Gasteiger partial charge in [0.2, 0.25) is 0 Å². The zero-order valence-corrected chi connectivity index (χ0v) is 8.86. The molecule has 16 heavy (non-hydrogen) atoms. The molecule has 2 rings (SSSR count). The van der Waals surface area contributed by atoms with E-state index in [1.54, 1.807) is 0 Å². The van der Waals surface area contributed by atoms with Crippen molar-refractivity contribution in [3.63, 3.8) is 0 Å². The van der Waals surface area contributed by atoms with E-state index >= 15 is 0 Å². The highest BCUT2D eigenvalue weighted by Crippen LogP contribution is 2.28. The summed E-state index contributed by atoms with van der Waals surface area (Å²) in [5.41, 5.74) is 0.622. The monoisotopic (exact) mass is 217 g/mol. The molecule has 1 aliphatic rings. The Balaban J connectivity index is 2.30. The Kier molecular flexibility index (Phi) is 2.73. The van der Waals surface area contributed by atoms with Crippen LogP contribution < -0.4 is 10.1 Å². The number of hydrogen-bond acceptors (Lipinski definition) is 4. The van der Waals surface area contributed by atoms with Gasteiger partial charge >= 0.3 is 0 Å². The number of pyridine rings is 1. The first-order valence-corrected chi connectivity index (χ1v) is 5.03. The van der Waals surface area contributed by atoms with Gasteiger partial charge in [-0.15, -0.1) is 0 Å². The molecule has 1 fully saturated rings. The quantitative estimate of drug-likeness (QED) is 0.814. The SMILES string of the molecule is CNC(=O)c1cc(OC2CC2)c(C#N)cn1. The van der Waals surface area contributed by atoms with Crippen molar-refractivity contribution in [3.05, 3.63) is 23.5 Å². The second kappa shape index (κ2) is 4.19. The lowest BCUT2D eigenvalue weighted by Crippen LogP contribution is -2.19. The van der Waals surface area contributed by atoms with Crippen LogP contribution in [0, 0.1) is 11.3 Å². The van der Waals surface area contributed by atoms with Crippen molar-refractivity contribution in [2.24, 2.45) is 0 Å². The molecule has 0 aromatic carbocycles. The van der Waals surface area contributed by atoms with E-state index < -0.39 is 0 Å². The average Bonchev–Trinajstić information content (AvgIpc) is 3.12. The summed E-state index contributed by atoms with van der Waals surface area (Å²) in [5.74, 6) is 0.156. The third-order valence-corrected chi connectivity index (χ3v) is 2.26. The highest BCUT2D eigenvalue weighted by Gasteiger charge is 2.25. The van der Waals surface area contributed by atoms with Gasteiger partial charge in [-0.1, -0.05) is 0 Å². The lowest BCUT2D eigenvalue weighted by atomic mass is 10.2. The molecule has 1 aromatic rings. The molecule has 1 aliphatic carbocycles. The number of carbonyl (C=O) groups excluding carboxylic acids is 1. The fourth-order valence-electron chi connectivity index (χ4n) is 1.24. The van der Waals surface area contributed by atoms with E-state index in [1.807, 2.05) is 6.07 Å². The smallest absolute Gasteiger partial charge is 0.269 e. The van der Waals surface area contributed by atoms with Crippen molar-refractivity contribution in [1.82, 2.24) is 10.3 Å². The number of nitrogens with zero attached hydrogens (tertiary/aromatic N) is 2. The topological polar surface area (TPSA) is 75.0 Å². The lowest BCUT2D eigenvalue weighted by Gasteiger charge is -2.07. The minimum absolute atomic E-state index is 0.187. The van der Waals surface area contributed by atoms with E-state index in [-0.39, 0.29) is 17.7 Å². The van der Waals surface area contributed by atoms with Crippen LogP contribution in [-0.4, -0.2) is 24.0 Å². The van der Waals surface area contributed by atoms with Crippen LogP contribution in [0.5, 0.6) is 5.75 Å². The summed E-state index contributed by atoms with van der Waals surface area (Å²) in [6.07, 6.45) is 3.56. The largest absolute Gasteiger partial charge is 0.489 e. The van der Waals surface area contributed by atoms with Crippen LogP contribution in [0.4, 0.5) is 0 Å². The van der Waals surface area contributed by atoms with E-state index in [0.29, 0.717) is 11.3 Å². The fraction of sp³-hybridized carbons (Fsp3) is 0.364. The Morgan fingerprint density at radius 2 is 2.44 bits per heavy atom. The summed E-state index contributed by atoms with van der Waals surface area (Å²) in [4.78, 5) is 15.2. The molecule has 0 aliphatic heterocycles. The van der Waals surface area contributed by atoms with Crippen LogP contribution in [0.3, 0.4) is 0 Å². The maximum absolute atomic E-state index is 11.4. The van der Waals surface area contributed by atoms with Crippen molar-refractivity contribution in [2.45, 2.75) is 18.9 Å². The molecule has 5 nitrogen and oxygen atoms in total. The summed E-state index contributed by atoms with van der Waals surface area (Å²) in [5, 5.41) is 11.3. The van der Waals surface area contributed by atoms with Gasteiger partial charge in [-0.3, -0.25) is 4.79 Å². The molecule has 0 saturated heterocycles. The zero-order chi connectivity index (χ0) is 11.5. The number of aromatic nitrogens is 1. The molecule has 0 unspecified atom stereocenters. The third-order valence-electron chi connectivity index (χ3n) is 2.26. The zero-order valence-electron chi connectivity index (χ0n) is 8.86. The Morgan fingerprint density at radius 1 is 1.69 bits per heavy atom. The average molecular weight is 217 g/mol. The molecule has 0 radical (unpaired) electrons. The summed E-state index contributed by atoms with van der Waals surface area (Å²) in [7, 11) is 1.53. The summed E-state index contributed by atoms with van der Waals surface area (Å²) in [6.45, 7) is 0. The van der Waals surface area contributed by atoms with Crippen LogP contribution in [0.15, 0.2) is 12.3 Å². The maximum Gasteiger partial charge on any atom is 0.269 e. The summed E-state index contributed by atoms with van der Waals surface area (Å²) < 4.78 is 5.54. The van der Waals surface area contributed by atoms with Gasteiger partial charge in [0.15, 0.2) is 0 Å². The molecule has 0 atom stereocenters. The van der Waals surface area contributed by atoms with Gasteiger partial charge in [0, 0.05) is 19.3 Å². The van der Waals surface area contributed by atoms with Crippen molar-refractivity contribution in [3.8, 4) is 11.8 Å². The van der Waals surface area contributed by atoms with E-state index in [2.05, 4.69) is 10.3 Å². The molecule has 82 valence electrons. The molecule has 1 heterocycles. The minimum Gasteiger partial charge on any atom is -0.489 e. The number of rotatable bonds is 3. The van der Waals surface area contributed by atoms with Crippen molar-refractivity contribution in [2.75, 3.05) is 7.05 Å². The van der Waals surface area contributed by atoms with Crippen molar-refractivity contribution in [1.29, 1.82) is 5.26 Å². The van der Waals surface area contributed by atoms with Crippen LogP contribution >= 0.6 is 0 Å². The summed E-state index contributed by atoms with van der Waals surface area (Å²) >= 11 is 0. The van der Waals surface area contributed by atoms with Gasteiger partial charge in [-0.25, -0.2) is 4.98 Å². The first-order valence-electron chi connectivity index (χ1n) is 5.03. The standard InChI is InChI=1S/C11H11N3O2/c1-13-11(15)9-4-10(16-8-2-3-8)7(5-12)6-14-9/h4,6,8H,2-3H2,1H3,(H,13,15). The molecule has 1 N–H and O–H groups in total. The van der Waals surface area contributed by atoms with E-state index in [4.69, 9.17) is 10.00 Å². The Hall–Kier alpha value is -2.09. The lowest BCUT2D eigenvalue weighted by molar-refractivity contribution is 0.0957. The van der Waals surface area contributed by atoms with Crippen LogP contribution in [0.2, 0.25) is 0 Å². The van der Waals surface area contributed by atoms with Crippen molar-refractivity contribution < 1.29 is 9.53 Å². The normalized spacial score (nSPS) is 14.0. The Labute approximate surface area is 93.1 Å². The van der Waals surface area contributed by atoms with Crippen molar-refractivity contribution >= 4 is 5.91 Å². The Morgan fingerprint density at radius 3 is 3.00 bits per heavy atom. The van der Waals surface area contributed by atoms with Gasteiger partial charge in [0.25, 0.3) is 5.91 Å². The molecular formula is C11H11N3O2. The number of carbonyl (C=O) groups is 1. The second-order valence-corrected chi connectivity index (χ2v) is 3.57.